The van der Waals surface area contributed by atoms with Gasteiger partial charge in [0.2, 0.25) is 5.95 Å². The third-order valence-corrected chi connectivity index (χ3v) is 3.59. The van der Waals surface area contributed by atoms with Gasteiger partial charge < -0.3 is 5.32 Å². The molecule has 0 saturated heterocycles. The maximum absolute atomic E-state index is 13.9. The predicted octanol–water partition coefficient (Wildman–Crippen LogP) is 4.83. The second-order valence-corrected chi connectivity index (χ2v) is 5.40. The number of benzene rings is 1. The molecule has 3 rings (SSSR count). The lowest BCUT2D eigenvalue weighted by Gasteiger charge is -2.10. The summed E-state index contributed by atoms with van der Waals surface area (Å²) in [7, 11) is 0. The van der Waals surface area contributed by atoms with Crippen molar-refractivity contribution in [2.45, 2.75) is 6.54 Å². The zero-order valence-electron chi connectivity index (χ0n) is 12.2. The number of aromatic nitrogens is 2. The third-order valence-electron chi connectivity index (χ3n) is 3.29. The summed E-state index contributed by atoms with van der Waals surface area (Å²) in [4.78, 5) is 7.56. The molecule has 0 unspecified atom stereocenters. The number of hydrogen-bond donors (Lipinski definition) is 1. The zero-order chi connectivity index (χ0) is 17.1. The highest BCUT2D eigenvalue weighted by Gasteiger charge is 2.11. The number of anilines is 1. The molecular weight excluding hydrogens is 339 g/mol. The van der Waals surface area contributed by atoms with Crippen LogP contribution in [0.4, 0.5) is 19.0 Å². The van der Waals surface area contributed by atoms with Crippen LogP contribution < -0.4 is 5.32 Å². The fraction of sp³-hybridized carbons (Fsp3) is 0.0588. The first kappa shape index (κ1) is 16.3. The summed E-state index contributed by atoms with van der Waals surface area (Å²) in [6.45, 7) is 0.184. The largest absolute Gasteiger partial charge is 0.364 e. The van der Waals surface area contributed by atoms with Gasteiger partial charge in [0.05, 0.1) is 10.7 Å². The molecule has 3 nitrogen and oxygen atoms in total. The first-order valence-corrected chi connectivity index (χ1v) is 7.37. The predicted molar refractivity (Wildman–Crippen MR) is 86.1 cm³/mol. The van der Waals surface area contributed by atoms with Crippen molar-refractivity contribution in [2.24, 2.45) is 0 Å². The average molecular weight is 350 g/mol. The molecule has 2 heterocycles. The van der Waals surface area contributed by atoms with Gasteiger partial charge in [0.15, 0.2) is 11.6 Å². The summed E-state index contributed by atoms with van der Waals surface area (Å²) in [6, 6.07) is 9.64. The van der Waals surface area contributed by atoms with Crippen LogP contribution in [0.1, 0.15) is 5.56 Å². The lowest BCUT2D eigenvalue weighted by molar-refractivity contribution is 0.584. The van der Waals surface area contributed by atoms with Crippen molar-refractivity contribution in [2.75, 3.05) is 5.32 Å². The molecule has 0 aliphatic rings. The Bertz CT molecular complexity index is 887. The van der Waals surface area contributed by atoms with Gasteiger partial charge in [-0.1, -0.05) is 23.7 Å². The van der Waals surface area contributed by atoms with E-state index in [-0.39, 0.29) is 23.2 Å². The minimum absolute atomic E-state index is 0.0370. The highest BCUT2D eigenvalue weighted by molar-refractivity contribution is 6.33. The summed E-state index contributed by atoms with van der Waals surface area (Å²) < 4.78 is 40.4. The molecule has 0 amide bonds. The van der Waals surface area contributed by atoms with E-state index >= 15 is 0 Å². The van der Waals surface area contributed by atoms with E-state index in [1.54, 1.807) is 12.1 Å². The Kier molecular flexibility index (Phi) is 4.66. The first-order chi connectivity index (χ1) is 11.5. The number of hydrogen-bond acceptors (Lipinski definition) is 3. The van der Waals surface area contributed by atoms with Crippen LogP contribution in [0.2, 0.25) is 5.02 Å². The van der Waals surface area contributed by atoms with Crippen LogP contribution in [0, 0.1) is 17.6 Å². The fourth-order valence-corrected chi connectivity index (χ4v) is 2.36. The second-order valence-electron chi connectivity index (χ2n) is 5.00. The summed E-state index contributed by atoms with van der Waals surface area (Å²) in [6.07, 6.45) is 1.16. The van der Waals surface area contributed by atoms with Gasteiger partial charge in [-0.25, -0.2) is 18.7 Å². The van der Waals surface area contributed by atoms with Crippen molar-refractivity contribution in [3.05, 3.63) is 76.8 Å². The number of halogens is 4. The average Bonchev–Trinajstić information content (AvgIpc) is 2.56. The van der Waals surface area contributed by atoms with E-state index in [1.165, 1.54) is 24.3 Å². The van der Waals surface area contributed by atoms with Crippen LogP contribution in [0.15, 0.2) is 48.7 Å². The second kappa shape index (κ2) is 6.88. The van der Waals surface area contributed by atoms with Gasteiger partial charge in [-0.15, -0.1) is 0 Å². The van der Waals surface area contributed by atoms with Crippen molar-refractivity contribution in [1.82, 2.24) is 9.97 Å². The molecule has 0 aliphatic carbocycles. The number of pyridine rings is 2. The monoisotopic (exact) mass is 349 g/mol. The Balaban J connectivity index is 1.87. The van der Waals surface area contributed by atoms with E-state index in [4.69, 9.17) is 11.6 Å². The Labute approximate surface area is 141 Å². The molecule has 2 aromatic heterocycles. The SMILES string of the molecule is Fc1cccc(CNc2nc(-c3cc(F)ncc3Cl)ccc2F)c1. The molecule has 0 spiro atoms. The number of nitrogens with one attached hydrogen (secondary N) is 1. The summed E-state index contributed by atoms with van der Waals surface area (Å²) in [5.41, 5.74) is 1.23. The Morgan fingerprint density at radius 2 is 1.88 bits per heavy atom. The van der Waals surface area contributed by atoms with Crippen molar-refractivity contribution in [3.8, 4) is 11.3 Å². The van der Waals surface area contributed by atoms with Crippen LogP contribution in [0.3, 0.4) is 0 Å². The van der Waals surface area contributed by atoms with E-state index in [9.17, 15) is 13.2 Å². The van der Waals surface area contributed by atoms with Crippen molar-refractivity contribution < 1.29 is 13.2 Å². The lowest BCUT2D eigenvalue weighted by atomic mass is 10.1. The molecular formula is C17H11ClF3N3. The molecule has 0 aliphatic heterocycles. The number of nitrogens with zero attached hydrogens (tertiary/aromatic N) is 2. The van der Waals surface area contributed by atoms with Gasteiger partial charge in [0, 0.05) is 24.4 Å². The standard InChI is InChI=1S/C17H11ClF3N3/c18-13-9-22-16(21)7-12(13)15-5-4-14(20)17(24-15)23-8-10-2-1-3-11(19)6-10/h1-7,9H,8H2,(H,23,24). The van der Waals surface area contributed by atoms with Crippen LogP contribution >= 0.6 is 11.6 Å². The summed E-state index contributed by atoms with van der Waals surface area (Å²) in [5, 5.41) is 3.00. The fourth-order valence-electron chi connectivity index (χ4n) is 2.16. The Hall–Kier alpha value is -2.60. The van der Waals surface area contributed by atoms with Gasteiger partial charge in [-0.05, 0) is 29.8 Å². The molecule has 0 radical (unpaired) electrons. The summed E-state index contributed by atoms with van der Waals surface area (Å²) >= 11 is 5.99. The van der Waals surface area contributed by atoms with Crippen LogP contribution in [-0.2, 0) is 6.54 Å². The van der Waals surface area contributed by atoms with Gasteiger partial charge in [0.1, 0.15) is 5.82 Å². The molecule has 24 heavy (non-hydrogen) atoms. The minimum Gasteiger partial charge on any atom is -0.364 e. The third kappa shape index (κ3) is 3.65. The first-order valence-electron chi connectivity index (χ1n) is 6.99. The van der Waals surface area contributed by atoms with E-state index < -0.39 is 11.8 Å². The van der Waals surface area contributed by atoms with Gasteiger partial charge >= 0.3 is 0 Å². The van der Waals surface area contributed by atoms with E-state index in [0.29, 0.717) is 16.8 Å². The molecule has 7 heteroatoms. The van der Waals surface area contributed by atoms with Crippen molar-refractivity contribution in [1.29, 1.82) is 0 Å². The van der Waals surface area contributed by atoms with E-state index in [2.05, 4.69) is 15.3 Å². The highest BCUT2D eigenvalue weighted by atomic mass is 35.5. The maximum atomic E-state index is 13.9. The van der Waals surface area contributed by atoms with Gasteiger partial charge in [-0.3, -0.25) is 0 Å². The van der Waals surface area contributed by atoms with Crippen LogP contribution in [0.25, 0.3) is 11.3 Å². The quantitative estimate of drug-likeness (QED) is 0.686. The molecule has 1 aromatic carbocycles. The maximum Gasteiger partial charge on any atom is 0.213 e. The van der Waals surface area contributed by atoms with Gasteiger partial charge in [-0.2, -0.15) is 4.39 Å². The van der Waals surface area contributed by atoms with Crippen LogP contribution in [-0.4, -0.2) is 9.97 Å². The van der Waals surface area contributed by atoms with Crippen molar-refractivity contribution in [3.63, 3.8) is 0 Å². The van der Waals surface area contributed by atoms with E-state index in [1.807, 2.05) is 0 Å². The topological polar surface area (TPSA) is 37.8 Å². The highest BCUT2D eigenvalue weighted by Crippen LogP contribution is 2.28. The van der Waals surface area contributed by atoms with E-state index in [0.717, 1.165) is 12.3 Å². The number of rotatable bonds is 4. The minimum atomic E-state index is -0.713. The Morgan fingerprint density at radius 1 is 1.04 bits per heavy atom. The van der Waals surface area contributed by atoms with Crippen LogP contribution in [0.5, 0.6) is 0 Å². The molecule has 122 valence electrons. The zero-order valence-corrected chi connectivity index (χ0v) is 13.0. The molecule has 0 saturated carbocycles. The van der Waals surface area contributed by atoms with Crippen molar-refractivity contribution >= 4 is 17.4 Å². The summed E-state index contributed by atoms with van der Waals surface area (Å²) in [5.74, 6) is -1.71. The molecule has 0 fully saturated rings. The smallest absolute Gasteiger partial charge is 0.213 e. The van der Waals surface area contributed by atoms with Gasteiger partial charge in [0.25, 0.3) is 0 Å². The lowest BCUT2D eigenvalue weighted by Crippen LogP contribution is -2.04. The molecule has 1 N–H and O–H groups in total. The molecule has 0 bridgehead atoms. The molecule has 0 atom stereocenters. The Morgan fingerprint density at radius 3 is 2.67 bits per heavy atom. The molecule has 3 aromatic rings. The normalized spacial score (nSPS) is 10.7.